The van der Waals surface area contributed by atoms with Gasteiger partial charge in [-0.05, 0) is 300 Å². The molecule has 0 saturated heterocycles. The summed E-state index contributed by atoms with van der Waals surface area (Å²) in [7, 11) is 0. The van der Waals surface area contributed by atoms with Crippen LogP contribution in [0.2, 0.25) is 0 Å². The molecule has 9 aromatic carbocycles. The van der Waals surface area contributed by atoms with Crippen LogP contribution < -0.4 is 40.8 Å². The smallest absolute Gasteiger partial charge is 0.412 e. The number of hydrogen-bond donors (Lipinski definition) is 9. The third kappa shape index (κ3) is 25.0. The molecule has 9 aromatic rings. The zero-order valence-corrected chi connectivity index (χ0v) is 80.2. The van der Waals surface area contributed by atoms with Gasteiger partial charge in [-0.2, -0.15) is 0 Å². The fourth-order valence-electron chi connectivity index (χ4n) is 16.4. The minimum atomic E-state index is -1.27. The van der Waals surface area contributed by atoms with Crippen LogP contribution in [0, 0.1) is 88.9 Å². The van der Waals surface area contributed by atoms with Crippen LogP contribution in [0.1, 0.15) is 221 Å². The molecular formula is C106H126FN5O20. The number of carboxylic acids is 4. The van der Waals surface area contributed by atoms with E-state index in [1.807, 2.05) is 242 Å². The van der Waals surface area contributed by atoms with Crippen molar-refractivity contribution in [2.24, 2.45) is 0 Å². The number of carbonyl (C=O) groups is 7. The van der Waals surface area contributed by atoms with Gasteiger partial charge in [-0.15, -0.1) is 0 Å². The van der Waals surface area contributed by atoms with Gasteiger partial charge in [-0.1, -0.05) is 125 Å². The first kappa shape index (κ1) is 101. The number of benzene rings is 9. The van der Waals surface area contributed by atoms with Crippen molar-refractivity contribution >= 4 is 76.1 Å². The third-order valence-electron chi connectivity index (χ3n) is 22.4. The molecule has 26 heteroatoms. The Hall–Kier alpha value is -12.9. The highest BCUT2D eigenvalue weighted by atomic mass is 19.1. The molecule has 4 aliphatic rings. The number of carbonyl (C=O) groups excluding carboxylic acids is 3. The van der Waals surface area contributed by atoms with Crippen molar-refractivity contribution in [2.45, 2.75) is 239 Å². The Morgan fingerprint density at radius 3 is 1.04 bits per heavy atom. The third-order valence-corrected chi connectivity index (χ3v) is 22.4. The Morgan fingerprint density at radius 1 is 0.356 bits per heavy atom. The van der Waals surface area contributed by atoms with E-state index in [1.165, 1.54) is 18.2 Å². The summed E-state index contributed by atoms with van der Waals surface area (Å²) in [5.41, 5.74) is 20.3. The van der Waals surface area contributed by atoms with Crippen molar-refractivity contribution in [3.63, 3.8) is 0 Å². The van der Waals surface area contributed by atoms with E-state index in [9.17, 15) is 58.4 Å². The SMILES string of the molecule is Cc1ccc(-c2c(C)c3c(c(C)c2[C@H](OC(C)(C)C)C(=O)O)NC(=O)/C=C\CCO3)cc1.Cc1ccc(-c2c(C)c3c(c(C)c2[C@H](OC(C)(C)C)C(=O)O)NC(=O)OC/C=C\CO3)cc1.Cc1ccc(-c2c(C)c3c(c(C)c2[C@H](OC(C)(C)C)C(=O)O)NC(=O)OCCCCO3)cc1.Cc1ccc(-c2c(C)c3c(c(C)c2[C@H](OC(C)(C)C)C(=O)O)Nc2cc(F)ccc2NC3)cc1. The maximum absolute atomic E-state index is 14.0. The Kier molecular flexibility index (Phi) is 32.6. The summed E-state index contributed by atoms with van der Waals surface area (Å²) >= 11 is 0. The van der Waals surface area contributed by atoms with Crippen LogP contribution in [0.25, 0.3) is 44.5 Å². The molecule has 4 aliphatic heterocycles. The van der Waals surface area contributed by atoms with Gasteiger partial charge in [-0.25, -0.2) is 33.2 Å². The molecule has 0 radical (unpaired) electrons. The number of fused-ring (bicyclic) bond motifs is 5. The molecule has 0 aliphatic carbocycles. The number of nitrogens with one attached hydrogen (secondary N) is 5. The van der Waals surface area contributed by atoms with Crippen molar-refractivity contribution in [3.05, 3.63) is 240 Å². The van der Waals surface area contributed by atoms with Crippen molar-refractivity contribution in [2.75, 3.05) is 59.6 Å². The second-order valence-corrected chi connectivity index (χ2v) is 37.4. The van der Waals surface area contributed by atoms with E-state index in [4.69, 9.17) is 42.6 Å². The van der Waals surface area contributed by atoms with E-state index < -0.39 is 82.9 Å². The zero-order chi connectivity index (χ0) is 97.1. The van der Waals surface area contributed by atoms with E-state index in [0.29, 0.717) is 129 Å². The lowest BCUT2D eigenvalue weighted by molar-refractivity contribution is -0.161. The number of aryl methyl sites for hydroxylation is 4. The predicted molar refractivity (Wildman–Crippen MR) is 513 cm³/mol. The molecular weight excluding hydrogens is 1680 g/mol. The van der Waals surface area contributed by atoms with Gasteiger partial charge in [0.2, 0.25) is 5.91 Å². The van der Waals surface area contributed by atoms with Crippen LogP contribution in [0.15, 0.2) is 140 Å². The van der Waals surface area contributed by atoms with Crippen LogP contribution in [-0.4, -0.2) is 118 Å². The Bertz CT molecular complexity index is 5870. The number of cyclic esters (lactones) is 2. The molecule has 0 aromatic heterocycles. The second-order valence-electron chi connectivity index (χ2n) is 37.4. The monoisotopic (exact) mass is 1810 g/mol. The lowest BCUT2D eigenvalue weighted by Crippen LogP contribution is -2.29. The van der Waals surface area contributed by atoms with Gasteiger partial charge in [0, 0.05) is 51.2 Å². The summed E-state index contributed by atoms with van der Waals surface area (Å²) in [6, 6.07) is 36.3. The molecule has 4 heterocycles. The molecule has 13 rings (SSSR count). The average molecular weight is 1810 g/mol. The van der Waals surface area contributed by atoms with E-state index in [-0.39, 0.29) is 24.9 Å². The van der Waals surface area contributed by atoms with Crippen LogP contribution in [0.4, 0.5) is 48.1 Å². The standard InChI is InChI=1S/C28H31FN2O3.C26H33NO6.C26H31NO6.C26H31NO5/c1-15-7-9-18(10-8-15)23-16(2)20-14-30-21-12-11-19(29)13-22(21)31-25(20)17(3)24(23)26(27(32)33)34-28(4,5)6;2*1-15-9-11-18(12-10-15)19-17(3)22-21(27-25(30)32-14-8-7-13-31-22)16(2)20(19)23(24(28)29)33-26(4,5)6;1-15-10-12-18(13-11-15)20-17(3)23-22(27-19(28)9-7-8-14-31-23)16(2)21(20)24(25(29)30)32-26(4,5)6/h7-13,26,30-31H,14H2,1-6H3,(H,32,33);9-12,23H,7-8,13-14H2,1-6H3,(H,27,30)(H,28,29);7-12,23H,13-14H2,1-6H3,(H,27,30)(H,28,29);7,9-13,24H,8,14H2,1-6H3,(H,27,28)(H,29,30)/b;;8-7-;9-7-/t26-;2*23-;24-/m0000/s1. The number of amides is 3. The first-order chi connectivity index (χ1) is 61.9. The van der Waals surface area contributed by atoms with Crippen LogP contribution in [0.3, 0.4) is 0 Å². The summed E-state index contributed by atoms with van der Waals surface area (Å²) in [6.45, 7) is 46.9. The predicted octanol–water partition coefficient (Wildman–Crippen LogP) is 24.2. The first-order valence-electron chi connectivity index (χ1n) is 44.2. The highest BCUT2D eigenvalue weighted by Gasteiger charge is 2.41. The first-order valence-corrected chi connectivity index (χ1v) is 44.2. The molecule has 0 bridgehead atoms. The van der Waals surface area contributed by atoms with Crippen LogP contribution >= 0.6 is 0 Å². The summed E-state index contributed by atoms with van der Waals surface area (Å²) in [6.07, 6.45) is 2.59. The van der Waals surface area contributed by atoms with Gasteiger partial charge in [0.15, 0.2) is 24.4 Å². The fraction of sp³-hybridized carbons (Fsp3) is 0.387. The maximum atomic E-state index is 14.0. The quantitative estimate of drug-likeness (QED) is 0.0406. The van der Waals surface area contributed by atoms with Crippen molar-refractivity contribution < 1.29 is 101 Å². The Balaban J connectivity index is 0.000000183. The molecule has 702 valence electrons. The summed E-state index contributed by atoms with van der Waals surface area (Å²) in [5.74, 6) is -3.45. The molecule has 4 atom stereocenters. The molecule has 0 saturated carbocycles. The molecule has 0 fully saturated rings. The van der Waals surface area contributed by atoms with Crippen molar-refractivity contribution in [1.82, 2.24) is 0 Å². The fourth-order valence-corrected chi connectivity index (χ4v) is 16.4. The van der Waals surface area contributed by atoms with E-state index in [1.54, 1.807) is 45.1 Å². The van der Waals surface area contributed by atoms with Gasteiger partial charge in [0.05, 0.1) is 70.7 Å². The van der Waals surface area contributed by atoms with E-state index >= 15 is 0 Å². The number of carboxylic acid groups (broad SMARTS) is 4. The van der Waals surface area contributed by atoms with Gasteiger partial charge < -0.3 is 79.0 Å². The number of hydrogen-bond acceptors (Lipinski definition) is 18. The highest BCUT2D eigenvalue weighted by Crippen LogP contribution is 2.53. The second kappa shape index (κ2) is 42.6. The Morgan fingerprint density at radius 2 is 0.674 bits per heavy atom. The largest absolute Gasteiger partial charge is 0.491 e. The van der Waals surface area contributed by atoms with Crippen LogP contribution in [0.5, 0.6) is 17.2 Å². The lowest BCUT2D eigenvalue weighted by atomic mass is 9.84. The minimum Gasteiger partial charge on any atom is -0.491 e. The highest BCUT2D eigenvalue weighted by molar-refractivity contribution is 6.03. The van der Waals surface area contributed by atoms with Gasteiger partial charge in [-0.3, -0.25) is 15.4 Å². The number of ether oxygens (including phenoxy) is 9. The number of rotatable bonds is 16. The van der Waals surface area contributed by atoms with Crippen molar-refractivity contribution in [3.8, 4) is 61.8 Å². The molecule has 0 unspecified atom stereocenters. The van der Waals surface area contributed by atoms with Gasteiger partial charge in [0.25, 0.3) is 0 Å². The molecule has 0 spiro atoms. The zero-order valence-electron chi connectivity index (χ0n) is 80.2. The van der Waals surface area contributed by atoms with Crippen LogP contribution in [-0.2, 0) is 58.9 Å². The molecule has 9 N–H and O–H groups in total. The van der Waals surface area contributed by atoms with E-state index in [0.717, 1.165) is 107 Å². The maximum Gasteiger partial charge on any atom is 0.412 e. The number of anilines is 6. The van der Waals surface area contributed by atoms with E-state index in [2.05, 4.69) is 26.6 Å². The topological polar surface area (TPSA) is 344 Å². The number of aliphatic carboxylic acids is 4. The van der Waals surface area contributed by atoms with Crippen molar-refractivity contribution in [1.29, 1.82) is 0 Å². The lowest BCUT2D eigenvalue weighted by Gasteiger charge is -2.31. The normalized spacial score (nSPS) is 15.3. The minimum absolute atomic E-state index is 0.113. The Labute approximate surface area is 773 Å². The molecule has 25 nitrogen and oxygen atoms in total. The number of halogens is 1. The molecule has 132 heavy (non-hydrogen) atoms. The van der Waals surface area contributed by atoms with Gasteiger partial charge in [0.1, 0.15) is 36.3 Å². The summed E-state index contributed by atoms with van der Waals surface area (Å²) in [4.78, 5) is 87.2. The summed E-state index contributed by atoms with van der Waals surface area (Å²) in [5, 5.41) is 56.0. The summed E-state index contributed by atoms with van der Waals surface area (Å²) < 4.78 is 67.0. The van der Waals surface area contributed by atoms with Gasteiger partial charge >= 0.3 is 36.1 Å². The average Bonchev–Trinajstić information content (AvgIpc) is 1.26. The molecule has 3 amide bonds.